The molecule has 0 bridgehead atoms. The summed E-state index contributed by atoms with van der Waals surface area (Å²) >= 11 is 0. The van der Waals surface area contributed by atoms with Crippen LogP contribution >= 0.6 is 0 Å². The van der Waals surface area contributed by atoms with E-state index in [1.165, 1.54) is 12.1 Å². The fourth-order valence-electron chi connectivity index (χ4n) is 2.89. The van der Waals surface area contributed by atoms with Crippen molar-refractivity contribution in [1.29, 1.82) is 0 Å². The minimum Gasteiger partial charge on any atom is -0.383 e. The fourth-order valence-corrected chi connectivity index (χ4v) is 2.89. The molecule has 1 aliphatic heterocycles. The molecule has 5 heteroatoms. The summed E-state index contributed by atoms with van der Waals surface area (Å²) in [6.07, 6.45) is 7.64. The Morgan fingerprint density at radius 2 is 2.20 bits per heavy atom. The van der Waals surface area contributed by atoms with Crippen LogP contribution in [0.2, 0.25) is 0 Å². The van der Waals surface area contributed by atoms with Crippen molar-refractivity contribution in [3.05, 3.63) is 12.4 Å². The molecule has 2 heterocycles. The summed E-state index contributed by atoms with van der Waals surface area (Å²) in [4.78, 5) is 2.48. The normalized spacial score (nSPS) is 19.1. The summed E-state index contributed by atoms with van der Waals surface area (Å²) in [6, 6.07) is 0. The number of aromatic nitrogens is 2. The molecule has 0 amide bonds. The highest BCUT2D eigenvalue weighted by Crippen LogP contribution is 2.24. The number of nitrogens with one attached hydrogen (secondary N) is 1. The molecule has 1 aromatic rings. The molecule has 5 nitrogen and oxygen atoms in total. The van der Waals surface area contributed by atoms with E-state index in [1.807, 2.05) is 10.9 Å². The summed E-state index contributed by atoms with van der Waals surface area (Å²) < 4.78 is 7.07. The van der Waals surface area contributed by atoms with Gasteiger partial charge in [0.15, 0.2) is 0 Å². The van der Waals surface area contributed by atoms with Gasteiger partial charge >= 0.3 is 0 Å². The molecule has 0 atom stereocenters. The fraction of sp³-hybridized carbons (Fsp3) is 0.800. The van der Waals surface area contributed by atoms with Gasteiger partial charge in [-0.25, -0.2) is 0 Å². The van der Waals surface area contributed by atoms with Gasteiger partial charge in [0.25, 0.3) is 0 Å². The lowest BCUT2D eigenvalue weighted by Gasteiger charge is -2.35. The molecule has 1 aliphatic rings. The van der Waals surface area contributed by atoms with Crippen LogP contribution in [0, 0.1) is 0 Å². The molecule has 0 aliphatic carbocycles. The first-order valence-electron chi connectivity index (χ1n) is 7.74. The molecule has 0 aromatic carbocycles. The van der Waals surface area contributed by atoms with Gasteiger partial charge in [0.1, 0.15) is 0 Å². The summed E-state index contributed by atoms with van der Waals surface area (Å²) in [5, 5.41) is 8.18. The first-order valence-corrected chi connectivity index (χ1v) is 7.74. The van der Waals surface area contributed by atoms with Gasteiger partial charge in [-0.15, -0.1) is 0 Å². The molecule has 1 N–H and O–H groups in total. The van der Waals surface area contributed by atoms with Crippen LogP contribution in [-0.2, 0) is 11.3 Å². The number of methoxy groups -OCH3 is 1. The molecule has 20 heavy (non-hydrogen) atoms. The third-order valence-corrected chi connectivity index (χ3v) is 4.46. The van der Waals surface area contributed by atoms with Crippen molar-refractivity contribution in [3.63, 3.8) is 0 Å². The van der Waals surface area contributed by atoms with Gasteiger partial charge in [-0.3, -0.25) is 4.68 Å². The smallest absolute Gasteiger partial charge is 0.0753 e. The van der Waals surface area contributed by atoms with Gasteiger partial charge < -0.3 is 15.0 Å². The van der Waals surface area contributed by atoms with E-state index in [9.17, 15) is 0 Å². The second kappa shape index (κ2) is 7.09. The van der Waals surface area contributed by atoms with Crippen LogP contribution in [0.3, 0.4) is 0 Å². The zero-order chi connectivity index (χ0) is 14.4. The molecule has 114 valence electrons. The average molecular weight is 280 g/mol. The number of rotatable bonds is 6. The minimum absolute atomic E-state index is 0.241. The molecule has 0 radical (unpaired) electrons. The van der Waals surface area contributed by atoms with E-state index in [2.05, 4.69) is 35.4 Å². The van der Waals surface area contributed by atoms with Gasteiger partial charge in [-0.2, -0.15) is 5.10 Å². The topological polar surface area (TPSA) is 42.3 Å². The number of ether oxygens (including phenoxy) is 1. The highest BCUT2D eigenvalue weighted by molar-refractivity contribution is 5.43. The van der Waals surface area contributed by atoms with E-state index in [0.29, 0.717) is 6.61 Å². The Hall–Kier alpha value is -1.07. The van der Waals surface area contributed by atoms with E-state index in [4.69, 9.17) is 4.74 Å². The SMILES string of the molecule is CCC1(CC)CN(c2cnn(CCOC)c2)CCCN1. The zero-order valence-electron chi connectivity index (χ0n) is 13.1. The second-order valence-corrected chi connectivity index (χ2v) is 5.64. The van der Waals surface area contributed by atoms with Crippen LogP contribution in [0.15, 0.2) is 12.4 Å². The first kappa shape index (κ1) is 15.3. The highest BCUT2D eigenvalue weighted by atomic mass is 16.5. The molecule has 0 unspecified atom stereocenters. The Kier molecular flexibility index (Phi) is 5.43. The lowest BCUT2D eigenvalue weighted by atomic mass is 9.92. The molecule has 0 saturated carbocycles. The largest absolute Gasteiger partial charge is 0.383 e. The van der Waals surface area contributed by atoms with Gasteiger partial charge in [0, 0.05) is 31.9 Å². The maximum absolute atomic E-state index is 5.10. The van der Waals surface area contributed by atoms with E-state index in [1.54, 1.807) is 7.11 Å². The van der Waals surface area contributed by atoms with E-state index >= 15 is 0 Å². The van der Waals surface area contributed by atoms with Crippen molar-refractivity contribution >= 4 is 5.69 Å². The van der Waals surface area contributed by atoms with E-state index in [0.717, 1.165) is 39.0 Å². The summed E-state index contributed by atoms with van der Waals surface area (Å²) in [7, 11) is 1.72. The Morgan fingerprint density at radius 1 is 1.40 bits per heavy atom. The number of anilines is 1. The molecule has 1 aromatic heterocycles. The third-order valence-electron chi connectivity index (χ3n) is 4.46. The Labute approximate surface area is 122 Å². The summed E-state index contributed by atoms with van der Waals surface area (Å²) in [5.41, 5.74) is 1.47. The predicted octanol–water partition coefficient (Wildman–Crippen LogP) is 1.89. The van der Waals surface area contributed by atoms with Gasteiger partial charge in [0.2, 0.25) is 0 Å². The van der Waals surface area contributed by atoms with Gasteiger partial charge in [0.05, 0.1) is 25.0 Å². The summed E-state index contributed by atoms with van der Waals surface area (Å²) in [5.74, 6) is 0. The van der Waals surface area contributed by atoms with Crippen molar-refractivity contribution in [2.24, 2.45) is 0 Å². The standard InChI is InChI=1S/C15H28N4O/c1-4-15(5-2)13-18(8-6-7-16-15)14-11-17-19(12-14)9-10-20-3/h11-12,16H,4-10,13H2,1-3H3. The first-order chi connectivity index (χ1) is 9.73. The van der Waals surface area contributed by atoms with Crippen LogP contribution in [0.1, 0.15) is 33.1 Å². The van der Waals surface area contributed by atoms with Crippen molar-refractivity contribution in [1.82, 2.24) is 15.1 Å². The number of nitrogens with zero attached hydrogens (tertiary/aromatic N) is 3. The Bertz CT molecular complexity index is 400. The van der Waals surface area contributed by atoms with Crippen LogP contribution in [0.5, 0.6) is 0 Å². The van der Waals surface area contributed by atoms with Crippen molar-refractivity contribution in [2.75, 3.05) is 38.3 Å². The minimum atomic E-state index is 0.241. The van der Waals surface area contributed by atoms with Crippen LogP contribution in [-0.4, -0.2) is 48.7 Å². The monoisotopic (exact) mass is 280 g/mol. The molecule has 1 saturated heterocycles. The average Bonchev–Trinajstić information content (AvgIpc) is 2.84. The van der Waals surface area contributed by atoms with E-state index < -0.39 is 0 Å². The Balaban J connectivity index is 2.07. The molecule has 1 fully saturated rings. The molecular formula is C15H28N4O. The van der Waals surface area contributed by atoms with Crippen LogP contribution in [0.4, 0.5) is 5.69 Å². The predicted molar refractivity (Wildman–Crippen MR) is 82.2 cm³/mol. The van der Waals surface area contributed by atoms with Crippen molar-refractivity contribution in [3.8, 4) is 0 Å². The number of hydrogen-bond donors (Lipinski definition) is 1. The van der Waals surface area contributed by atoms with Gasteiger partial charge in [-0.1, -0.05) is 13.8 Å². The van der Waals surface area contributed by atoms with Crippen LogP contribution in [0.25, 0.3) is 0 Å². The molecule has 0 spiro atoms. The van der Waals surface area contributed by atoms with Crippen molar-refractivity contribution in [2.45, 2.75) is 45.2 Å². The summed E-state index contributed by atoms with van der Waals surface area (Å²) in [6.45, 7) is 9.35. The van der Waals surface area contributed by atoms with E-state index in [-0.39, 0.29) is 5.54 Å². The molecular weight excluding hydrogens is 252 g/mol. The van der Waals surface area contributed by atoms with Crippen LogP contribution < -0.4 is 10.2 Å². The maximum atomic E-state index is 5.10. The molecule has 2 rings (SSSR count). The third kappa shape index (κ3) is 3.52. The Morgan fingerprint density at radius 3 is 2.90 bits per heavy atom. The zero-order valence-corrected chi connectivity index (χ0v) is 13.1. The number of hydrogen-bond acceptors (Lipinski definition) is 4. The lowest BCUT2D eigenvalue weighted by Crippen LogP contribution is -2.50. The second-order valence-electron chi connectivity index (χ2n) is 5.64. The van der Waals surface area contributed by atoms with Crippen molar-refractivity contribution < 1.29 is 4.74 Å². The maximum Gasteiger partial charge on any atom is 0.0753 e. The van der Waals surface area contributed by atoms with Gasteiger partial charge in [-0.05, 0) is 25.8 Å². The lowest BCUT2D eigenvalue weighted by molar-refractivity contribution is 0.183. The quantitative estimate of drug-likeness (QED) is 0.864. The highest BCUT2D eigenvalue weighted by Gasteiger charge is 2.30.